The average Bonchev–Trinajstić information content (AvgIpc) is 2.59. The Morgan fingerprint density at radius 3 is 2.50 bits per heavy atom. The summed E-state index contributed by atoms with van der Waals surface area (Å²) in [5.41, 5.74) is 1.20. The molecule has 0 aromatic carbocycles. The van der Waals surface area contributed by atoms with Gasteiger partial charge in [0.25, 0.3) is 5.88 Å². The first-order valence-electron chi connectivity index (χ1n) is 5.64. The maximum absolute atomic E-state index is 5.74. The molecule has 0 aromatic rings. The molecule has 0 radical (unpaired) electrons. The van der Waals surface area contributed by atoms with E-state index in [1.54, 1.807) is 0 Å². The maximum Gasteiger partial charge on any atom is 0.259 e. The smallest absolute Gasteiger partial charge is 0.259 e. The second kappa shape index (κ2) is 2.33. The standard InChI is InChI=1S/C11H14N2O/c1-2-8-4-3-7(1)9(8)6-14-11-10-5-13(10)12-11/h5,7-9H,1-4,6H2. The number of hydrogen-bond donors (Lipinski definition) is 0. The summed E-state index contributed by atoms with van der Waals surface area (Å²) in [4.78, 5) is 0. The van der Waals surface area contributed by atoms with Gasteiger partial charge in [0.2, 0.25) is 0 Å². The molecule has 3 nitrogen and oxygen atoms in total. The lowest BCUT2D eigenvalue weighted by Gasteiger charge is -2.16. The van der Waals surface area contributed by atoms with Crippen molar-refractivity contribution in [1.29, 1.82) is 0 Å². The van der Waals surface area contributed by atoms with Gasteiger partial charge in [-0.3, -0.25) is 0 Å². The molecule has 0 unspecified atom stereocenters. The van der Waals surface area contributed by atoms with Crippen LogP contribution in [0.4, 0.5) is 0 Å². The molecule has 74 valence electrons. The minimum atomic E-state index is 0.839. The van der Waals surface area contributed by atoms with Crippen LogP contribution in [0.25, 0.3) is 5.69 Å². The molecule has 2 fully saturated rings. The number of nitrogens with zero attached hydrogens (tertiary/aromatic N) is 2. The van der Waals surface area contributed by atoms with E-state index in [1.807, 2.05) is 10.9 Å². The first-order valence-corrected chi connectivity index (χ1v) is 5.64. The van der Waals surface area contributed by atoms with Crippen LogP contribution in [0.15, 0.2) is 6.20 Å². The van der Waals surface area contributed by atoms with Gasteiger partial charge in [0, 0.05) is 0 Å². The molecule has 0 atom stereocenters. The zero-order chi connectivity index (χ0) is 9.12. The van der Waals surface area contributed by atoms with E-state index >= 15 is 0 Å². The Morgan fingerprint density at radius 1 is 1.29 bits per heavy atom. The Bertz CT molecular complexity index is 365. The highest BCUT2D eigenvalue weighted by atomic mass is 16.5. The number of aromatic nitrogens is 2. The van der Waals surface area contributed by atoms with Crippen molar-refractivity contribution < 1.29 is 4.74 Å². The van der Waals surface area contributed by atoms with Crippen molar-refractivity contribution in [2.45, 2.75) is 25.7 Å². The van der Waals surface area contributed by atoms with Crippen molar-refractivity contribution in [1.82, 2.24) is 9.78 Å². The lowest BCUT2D eigenvalue weighted by molar-refractivity contribution is 0.200. The summed E-state index contributed by atoms with van der Waals surface area (Å²) in [6, 6.07) is 0. The van der Waals surface area contributed by atoms with E-state index in [-0.39, 0.29) is 0 Å². The third-order valence-electron chi connectivity index (χ3n) is 4.28. The first kappa shape index (κ1) is 7.32. The monoisotopic (exact) mass is 190 g/mol. The zero-order valence-electron chi connectivity index (χ0n) is 8.15. The van der Waals surface area contributed by atoms with Crippen LogP contribution in [-0.4, -0.2) is 16.4 Å². The van der Waals surface area contributed by atoms with Crippen LogP contribution in [0, 0.1) is 17.8 Å². The molecule has 4 aliphatic rings. The van der Waals surface area contributed by atoms with Crippen molar-refractivity contribution in [3.63, 3.8) is 0 Å². The fourth-order valence-electron chi connectivity index (χ4n) is 3.36. The van der Waals surface area contributed by atoms with Crippen molar-refractivity contribution in [2.75, 3.05) is 6.61 Å². The van der Waals surface area contributed by atoms with E-state index in [4.69, 9.17) is 4.74 Å². The second-order valence-electron chi connectivity index (χ2n) is 4.91. The van der Waals surface area contributed by atoms with Crippen LogP contribution in [0.2, 0.25) is 0 Å². The lowest BCUT2D eigenvalue weighted by atomic mass is 9.99. The van der Waals surface area contributed by atoms with Gasteiger partial charge in [-0.15, -0.1) is 5.10 Å². The van der Waals surface area contributed by atoms with E-state index in [9.17, 15) is 0 Å². The minimum Gasteiger partial charge on any atom is -0.475 e. The van der Waals surface area contributed by atoms with Gasteiger partial charge in [0.1, 0.15) is 5.69 Å². The normalized spacial score (nSPS) is 36.4. The zero-order valence-corrected chi connectivity index (χ0v) is 8.15. The van der Waals surface area contributed by atoms with Crippen LogP contribution in [0.1, 0.15) is 25.7 Å². The Kier molecular flexibility index (Phi) is 1.22. The highest BCUT2D eigenvalue weighted by molar-refractivity contribution is 5.52. The van der Waals surface area contributed by atoms with E-state index < -0.39 is 0 Å². The fraction of sp³-hybridized carbons (Fsp3) is 0.727. The number of rotatable bonds is 3. The molecule has 0 spiro atoms. The Labute approximate surface area is 83.1 Å². The van der Waals surface area contributed by atoms with E-state index in [1.165, 1.54) is 31.4 Å². The van der Waals surface area contributed by atoms with Gasteiger partial charge < -0.3 is 4.74 Å². The van der Waals surface area contributed by atoms with Crippen molar-refractivity contribution in [3.05, 3.63) is 6.20 Å². The van der Waals surface area contributed by atoms with Gasteiger partial charge in [-0.1, -0.05) is 0 Å². The number of fused-ring (bicyclic) bond motifs is 3. The van der Waals surface area contributed by atoms with Gasteiger partial charge >= 0.3 is 0 Å². The summed E-state index contributed by atoms with van der Waals surface area (Å²) in [6.45, 7) is 0.916. The highest BCUT2D eigenvalue weighted by Gasteiger charge is 2.42. The van der Waals surface area contributed by atoms with Gasteiger partial charge in [-0.25, -0.2) is 4.68 Å². The molecule has 0 N–H and O–H groups in total. The third-order valence-corrected chi connectivity index (χ3v) is 4.28. The fourth-order valence-corrected chi connectivity index (χ4v) is 3.36. The maximum atomic E-state index is 5.74. The van der Waals surface area contributed by atoms with Crippen molar-refractivity contribution in [3.8, 4) is 11.6 Å². The molecule has 2 heterocycles. The largest absolute Gasteiger partial charge is 0.475 e. The lowest BCUT2D eigenvalue weighted by Crippen LogP contribution is -2.18. The molecule has 14 heavy (non-hydrogen) atoms. The van der Waals surface area contributed by atoms with Gasteiger partial charge in [-0.05, 0) is 43.4 Å². The summed E-state index contributed by atoms with van der Waals surface area (Å²) in [7, 11) is 0. The summed E-state index contributed by atoms with van der Waals surface area (Å²) in [6.07, 6.45) is 7.79. The molecule has 0 saturated heterocycles. The van der Waals surface area contributed by atoms with Gasteiger partial charge in [0.05, 0.1) is 12.8 Å². The molecule has 2 aliphatic heterocycles. The molecule has 2 bridgehead atoms. The minimum absolute atomic E-state index is 0.839. The molecule has 0 amide bonds. The molecule has 4 rings (SSSR count). The van der Waals surface area contributed by atoms with Crippen LogP contribution in [0.3, 0.4) is 0 Å². The molecule has 0 aromatic heterocycles. The summed E-state index contributed by atoms with van der Waals surface area (Å²) in [5, 5.41) is 4.16. The third kappa shape index (κ3) is 0.851. The molecular weight excluding hydrogens is 176 g/mol. The van der Waals surface area contributed by atoms with Crippen LogP contribution in [-0.2, 0) is 0 Å². The summed E-state index contributed by atoms with van der Waals surface area (Å²) in [5.74, 6) is 3.65. The Balaban J connectivity index is 1.42. The van der Waals surface area contributed by atoms with Gasteiger partial charge in [0.15, 0.2) is 0 Å². The average molecular weight is 190 g/mol. The van der Waals surface area contributed by atoms with Crippen LogP contribution < -0.4 is 4.74 Å². The van der Waals surface area contributed by atoms with Crippen LogP contribution >= 0.6 is 0 Å². The second-order valence-corrected chi connectivity index (χ2v) is 4.91. The SMILES string of the molecule is c1c2c(OCC3C4CCC3CC4)nn1-2. The molecule has 2 saturated carbocycles. The van der Waals surface area contributed by atoms with E-state index in [0.29, 0.717) is 0 Å². The highest BCUT2D eigenvalue weighted by Crippen LogP contribution is 2.49. The van der Waals surface area contributed by atoms with Gasteiger partial charge in [-0.2, -0.15) is 0 Å². The predicted molar refractivity (Wildman–Crippen MR) is 51.6 cm³/mol. The molecule has 2 aliphatic carbocycles. The van der Waals surface area contributed by atoms with Crippen molar-refractivity contribution >= 4 is 0 Å². The summed E-state index contributed by atoms with van der Waals surface area (Å²) >= 11 is 0. The summed E-state index contributed by atoms with van der Waals surface area (Å²) < 4.78 is 7.61. The topological polar surface area (TPSA) is 27.1 Å². The number of ether oxygens (including phenoxy) is 1. The predicted octanol–water partition coefficient (Wildman–Crippen LogP) is 2.00. The van der Waals surface area contributed by atoms with Crippen molar-refractivity contribution in [2.24, 2.45) is 17.8 Å². The van der Waals surface area contributed by atoms with Crippen LogP contribution in [0.5, 0.6) is 5.88 Å². The Hall–Kier alpha value is -0.990. The molecule has 3 heteroatoms. The Morgan fingerprint density at radius 2 is 2.00 bits per heavy atom. The van der Waals surface area contributed by atoms with E-state index in [0.717, 1.165) is 30.2 Å². The quantitative estimate of drug-likeness (QED) is 0.740. The molecular formula is C11H14N2O. The first-order chi connectivity index (χ1) is 6.92. The number of hydrogen-bond acceptors (Lipinski definition) is 2. The van der Waals surface area contributed by atoms with E-state index in [2.05, 4.69) is 5.10 Å².